The summed E-state index contributed by atoms with van der Waals surface area (Å²) in [5, 5.41) is 0.621. The Bertz CT molecular complexity index is 1500. The van der Waals surface area contributed by atoms with Crippen LogP contribution in [0.15, 0.2) is 62.5 Å². The zero-order chi connectivity index (χ0) is 20.8. The molecule has 0 aliphatic heterocycles. The second-order valence-corrected chi connectivity index (χ2v) is 8.53. The van der Waals surface area contributed by atoms with Gasteiger partial charge in [0.2, 0.25) is 0 Å². The molecule has 0 atom stereocenters. The normalized spacial score (nSPS) is 11.5. The summed E-state index contributed by atoms with van der Waals surface area (Å²) in [6, 6.07) is 15.5. The number of aromatic amines is 1. The van der Waals surface area contributed by atoms with Gasteiger partial charge in [-0.15, -0.1) is 11.3 Å². The number of oxazole rings is 1. The molecule has 0 unspecified atom stereocenters. The average molecular weight is 417 g/mol. The molecule has 0 aliphatic rings. The van der Waals surface area contributed by atoms with Crippen molar-refractivity contribution in [3.05, 3.63) is 85.7 Å². The van der Waals surface area contributed by atoms with Crippen LogP contribution in [0.25, 0.3) is 32.4 Å². The van der Waals surface area contributed by atoms with E-state index in [1.807, 2.05) is 56.3 Å². The molecule has 6 nitrogen and oxygen atoms in total. The van der Waals surface area contributed by atoms with Crippen LogP contribution in [0.5, 0.6) is 0 Å². The maximum atomic E-state index is 12.9. The van der Waals surface area contributed by atoms with E-state index in [4.69, 9.17) is 4.42 Å². The molecule has 0 radical (unpaired) electrons. The van der Waals surface area contributed by atoms with Crippen molar-refractivity contribution in [2.75, 3.05) is 0 Å². The number of fused-ring (bicyclic) bond motifs is 2. The number of benzene rings is 2. The molecule has 5 rings (SSSR count). The molecule has 1 N–H and O–H groups in total. The van der Waals surface area contributed by atoms with Gasteiger partial charge in [-0.1, -0.05) is 42.0 Å². The molecule has 0 spiro atoms. The Morgan fingerprint density at radius 1 is 1.07 bits per heavy atom. The molecule has 0 bridgehead atoms. The molecule has 3 aromatic heterocycles. The van der Waals surface area contributed by atoms with Crippen LogP contribution in [-0.4, -0.2) is 14.5 Å². The Morgan fingerprint density at radius 2 is 1.83 bits per heavy atom. The molecule has 5 aromatic rings. The Kier molecular flexibility index (Phi) is 4.40. The molecule has 30 heavy (non-hydrogen) atoms. The fourth-order valence-corrected chi connectivity index (χ4v) is 4.86. The monoisotopic (exact) mass is 417 g/mol. The van der Waals surface area contributed by atoms with Gasteiger partial charge < -0.3 is 9.40 Å². The molecule has 150 valence electrons. The standard InChI is InChI=1S/C23H19N3O3S/c1-13-7-9-15(10-8-13)19-14(2)30-22-20(19)21(27)24-18(25-22)11-12-26-16-5-3-4-6-17(16)29-23(26)28/h3-10H,11-12H2,1-2H3,(H,24,25,27). The second-order valence-electron chi connectivity index (χ2n) is 7.33. The van der Waals surface area contributed by atoms with Gasteiger partial charge in [0.1, 0.15) is 10.7 Å². The van der Waals surface area contributed by atoms with Gasteiger partial charge in [0.25, 0.3) is 5.56 Å². The smallest absolute Gasteiger partial charge is 0.408 e. The van der Waals surface area contributed by atoms with Crippen LogP contribution < -0.4 is 11.3 Å². The lowest BCUT2D eigenvalue weighted by molar-refractivity contribution is 0.503. The van der Waals surface area contributed by atoms with Crippen molar-refractivity contribution in [3.8, 4) is 11.1 Å². The zero-order valence-corrected chi connectivity index (χ0v) is 17.4. The summed E-state index contributed by atoms with van der Waals surface area (Å²) < 4.78 is 6.84. The number of hydrogen-bond donors (Lipinski definition) is 1. The first kappa shape index (κ1) is 18.6. The first-order valence-electron chi connectivity index (χ1n) is 9.69. The van der Waals surface area contributed by atoms with E-state index in [1.54, 1.807) is 10.6 Å². The highest BCUT2D eigenvalue weighted by atomic mass is 32.1. The van der Waals surface area contributed by atoms with Crippen LogP contribution in [0.2, 0.25) is 0 Å². The van der Waals surface area contributed by atoms with E-state index in [9.17, 15) is 9.59 Å². The number of rotatable bonds is 4. The maximum absolute atomic E-state index is 12.9. The highest BCUT2D eigenvalue weighted by Gasteiger charge is 2.17. The van der Waals surface area contributed by atoms with Gasteiger partial charge in [0.05, 0.1) is 10.9 Å². The quantitative estimate of drug-likeness (QED) is 0.469. The van der Waals surface area contributed by atoms with Crippen LogP contribution in [0.4, 0.5) is 0 Å². The van der Waals surface area contributed by atoms with Crippen molar-refractivity contribution < 1.29 is 4.42 Å². The topological polar surface area (TPSA) is 80.9 Å². The van der Waals surface area contributed by atoms with Crippen molar-refractivity contribution >= 4 is 32.7 Å². The third-order valence-corrected chi connectivity index (χ3v) is 6.27. The number of para-hydroxylation sites is 2. The van der Waals surface area contributed by atoms with Crippen molar-refractivity contribution in [1.82, 2.24) is 14.5 Å². The van der Waals surface area contributed by atoms with E-state index < -0.39 is 5.76 Å². The van der Waals surface area contributed by atoms with Gasteiger partial charge >= 0.3 is 5.76 Å². The lowest BCUT2D eigenvalue weighted by Crippen LogP contribution is -2.18. The van der Waals surface area contributed by atoms with E-state index >= 15 is 0 Å². The molecule has 0 saturated heterocycles. The van der Waals surface area contributed by atoms with Crippen LogP contribution in [0.3, 0.4) is 0 Å². The molecule has 0 saturated carbocycles. The molecule has 7 heteroatoms. The zero-order valence-electron chi connectivity index (χ0n) is 16.6. The van der Waals surface area contributed by atoms with Crippen LogP contribution in [-0.2, 0) is 13.0 Å². The summed E-state index contributed by atoms with van der Waals surface area (Å²) in [6.45, 7) is 4.43. The number of nitrogens with one attached hydrogen (secondary N) is 1. The molecular weight excluding hydrogens is 398 g/mol. The maximum Gasteiger partial charge on any atom is 0.419 e. The van der Waals surface area contributed by atoms with Gasteiger partial charge in [-0.2, -0.15) is 0 Å². The fraction of sp³-hybridized carbons (Fsp3) is 0.174. The number of aryl methyl sites for hydroxylation is 4. The van der Waals surface area contributed by atoms with Crippen molar-refractivity contribution in [3.63, 3.8) is 0 Å². The molecule has 0 aliphatic carbocycles. The van der Waals surface area contributed by atoms with Crippen LogP contribution >= 0.6 is 11.3 Å². The summed E-state index contributed by atoms with van der Waals surface area (Å²) in [4.78, 5) is 34.5. The number of aromatic nitrogens is 3. The number of H-pyrrole nitrogens is 1. The van der Waals surface area contributed by atoms with Crippen molar-refractivity contribution in [2.45, 2.75) is 26.8 Å². The summed E-state index contributed by atoms with van der Waals surface area (Å²) in [7, 11) is 0. The molecule has 0 fully saturated rings. The Balaban J connectivity index is 1.52. The Hall–Kier alpha value is -3.45. The summed E-state index contributed by atoms with van der Waals surface area (Å²) in [5.41, 5.74) is 4.26. The van der Waals surface area contributed by atoms with Gasteiger partial charge in [-0.3, -0.25) is 9.36 Å². The molecule has 3 heterocycles. The van der Waals surface area contributed by atoms with E-state index in [0.29, 0.717) is 34.6 Å². The number of thiophene rings is 1. The van der Waals surface area contributed by atoms with Crippen LogP contribution in [0.1, 0.15) is 16.3 Å². The van der Waals surface area contributed by atoms with Crippen molar-refractivity contribution in [1.29, 1.82) is 0 Å². The van der Waals surface area contributed by atoms with Crippen LogP contribution in [0, 0.1) is 13.8 Å². The number of nitrogens with zero attached hydrogens (tertiary/aromatic N) is 2. The van der Waals surface area contributed by atoms with Gasteiger partial charge in [-0.05, 0) is 31.5 Å². The summed E-state index contributed by atoms with van der Waals surface area (Å²) in [6.07, 6.45) is 0.422. The van der Waals surface area contributed by atoms with E-state index in [-0.39, 0.29) is 5.56 Å². The first-order chi connectivity index (χ1) is 14.5. The van der Waals surface area contributed by atoms with Gasteiger partial charge in [0, 0.05) is 23.4 Å². The van der Waals surface area contributed by atoms with Gasteiger partial charge in [-0.25, -0.2) is 9.78 Å². The molecule has 2 aromatic carbocycles. The highest BCUT2D eigenvalue weighted by molar-refractivity contribution is 7.19. The minimum absolute atomic E-state index is 0.153. The predicted molar refractivity (Wildman–Crippen MR) is 119 cm³/mol. The summed E-state index contributed by atoms with van der Waals surface area (Å²) in [5.74, 6) is 0.148. The second kappa shape index (κ2) is 7.11. The van der Waals surface area contributed by atoms with E-state index in [0.717, 1.165) is 21.5 Å². The highest BCUT2D eigenvalue weighted by Crippen LogP contribution is 2.35. The SMILES string of the molecule is Cc1ccc(-c2c(C)sc3nc(CCn4c(=O)oc5ccccc54)[nH]c(=O)c23)cc1. The molecule has 0 amide bonds. The fourth-order valence-electron chi connectivity index (χ4n) is 3.79. The predicted octanol–water partition coefficient (Wildman–Crippen LogP) is 4.42. The third kappa shape index (κ3) is 3.07. The minimum Gasteiger partial charge on any atom is -0.408 e. The van der Waals surface area contributed by atoms with E-state index in [2.05, 4.69) is 9.97 Å². The Labute approximate surface area is 175 Å². The summed E-state index contributed by atoms with van der Waals surface area (Å²) >= 11 is 1.52. The lowest BCUT2D eigenvalue weighted by atomic mass is 10.0. The third-order valence-electron chi connectivity index (χ3n) is 5.27. The number of hydrogen-bond acceptors (Lipinski definition) is 5. The Morgan fingerprint density at radius 3 is 2.63 bits per heavy atom. The van der Waals surface area contributed by atoms with Crippen molar-refractivity contribution in [2.24, 2.45) is 0 Å². The molecular formula is C23H19N3O3S. The first-order valence-corrected chi connectivity index (χ1v) is 10.5. The average Bonchev–Trinajstić information content (AvgIpc) is 3.23. The lowest BCUT2D eigenvalue weighted by Gasteiger charge is -2.04. The van der Waals surface area contributed by atoms with E-state index in [1.165, 1.54) is 16.9 Å². The van der Waals surface area contributed by atoms with Gasteiger partial charge in [0.15, 0.2) is 5.58 Å². The largest absolute Gasteiger partial charge is 0.419 e. The minimum atomic E-state index is -0.409.